The van der Waals surface area contributed by atoms with E-state index in [1.54, 1.807) is 32.0 Å². The van der Waals surface area contributed by atoms with Crippen molar-refractivity contribution in [2.45, 2.75) is 64.6 Å². The standard InChI is InChI=1S/C26H32Cl2N4O6S/c1-17-9-11-21(32(35)36)14-24(17)31(39(3,37)38)16-25(33)30(15-19-10-12-22(27)23(28)13-19)18(2)26(34)29-20-7-5-4-6-8-20/h9-14,18,20H,4-8,15-16H2,1-3H3,(H,29,34)/t18-/m1/s1. The molecule has 1 saturated carbocycles. The molecule has 2 amide bonds. The fourth-order valence-corrected chi connectivity index (χ4v) is 5.78. The summed E-state index contributed by atoms with van der Waals surface area (Å²) < 4.78 is 26.4. The number of nitro groups is 1. The fourth-order valence-electron chi connectivity index (χ4n) is 4.56. The molecule has 0 bridgehead atoms. The fraction of sp³-hybridized carbons (Fsp3) is 0.462. The average molecular weight is 600 g/mol. The Balaban J connectivity index is 1.95. The molecule has 0 aliphatic heterocycles. The number of carbonyl (C=O) groups is 2. The van der Waals surface area contributed by atoms with Crippen LogP contribution in [0.3, 0.4) is 0 Å². The van der Waals surface area contributed by atoms with Crippen LogP contribution < -0.4 is 9.62 Å². The molecule has 0 radical (unpaired) electrons. The van der Waals surface area contributed by atoms with Crippen molar-refractivity contribution in [1.29, 1.82) is 0 Å². The Morgan fingerprint density at radius 3 is 2.36 bits per heavy atom. The van der Waals surface area contributed by atoms with Gasteiger partial charge in [0.15, 0.2) is 0 Å². The van der Waals surface area contributed by atoms with E-state index in [4.69, 9.17) is 23.2 Å². The first kappa shape index (κ1) is 30.6. The van der Waals surface area contributed by atoms with E-state index in [2.05, 4.69) is 5.32 Å². The largest absolute Gasteiger partial charge is 0.352 e. The molecule has 0 saturated heterocycles. The first-order valence-electron chi connectivity index (χ1n) is 12.5. The molecule has 0 unspecified atom stereocenters. The second-order valence-corrected chi connectivity index (χ2v) is 12.5. The number of nitrogens with one attached hydrogen (secondary N) is 1. The maximum atomic E-state index is 13.7. The zero-order valence-electron chi connectivity index (χ0n) is 22.0. The third-order valence-corrected chi connectivity index (χ3v) is 8.67. The van der Waals surface area contributed by atoms with Crippen LogP contribution in [0.25, 0.3) is 0 Å². The van der Waals surface area contributed by atoms with E-state index >= 15 is 0 Å². The van der Waals surface area contributed by atoms with E-state index in [-0.39, 0.29) is 34.9 Å². The summed E-state index contributed by atoms with van der Waals surface area (Å²) in [6.07, 6.45) is 5.76. The van der Waals surface area contributed by atoms with E-state index < -0.39 is 33.4 Å². The Kier molecular flexibility index (Phi) is 10.2. The third kappa shape index (κ3) is 8.06. The lowest BCUT2D eigenvalue weighted by molar-refractivity contribution is -0.384. The number of carbonyl (C=O) groups excluding carboxylic acids is 2. The van der Waals surface area contributed by atoms with Gasteiger partial charge in [0.05, 0.1) is 26.9 Å². The third-order valence-electron chi connectivity index (χ3n) is 6.81. The quantitative estimate of drug-likeness (QED) is 0.307. The summed E-state index contributed by atoms with van der Waals surface area (Å²) in [4.78, 5) is 39.0. The molecule has 0 aromatic heterocycles. The van der Waals surface area contributed by atoms with Crippen LogP contribution >= 0.6 is 23.2 Å². The maximum absolute atomic E-state index is 13.7. The summed E-state index contributed by atoms with van der Waals surface area (Å²) in [6, 6.07) is 7.68. The summed E-state index contributed by atoms with van der Waals surface area (Å²) in [5.74, 6) is -1.02. The Labute approximate surface area is 238 Å². The van der Waals surface area contributed by atoms with Crippen molar-refractivity contribution >= 4 is 56.4 Å². The van der Waals surface area contributed by atoms with Crippen LogP contribution in [0, 0.1) is 17.0 Å². The first-order valence-corrected chi connectivity index (χ1v) is 15.1. The Morgan fingerprint density at radius 2 is 1.77 bits per heavy atom. The van der Waals surface area contributed by atoms with E-state index in [0.29, 0.717) is 16.1 Å². The smallest absolute Gasteiger partial charge is 0.271 e. The van der Waals surface area contributed by atoms with Crippen LogP contribution in [-0.2, 0) is 26.2 Å². The van der Waals surface area contributed by atoms with Crippen molar-refractivity contribution in [1.82, 2.24) is 10.2 Å². The van der Waals surface area contributed by atoms with Gasteiger partial charge in [0.2, 0.25) is 21.8 Å². The van der Waals surface area contributed by atoms with Gasteiger partial charge in [-0.2, -0.15) is 0 Å². The van der Waals surface area contributed by atoms with E-state index in [1.807, 2.05) is 0 Å². The molecular weight excluding hydrogens is 567 g/mol. The van der Waals surface area contributed by atoms with Crippen molar-refractivity contribution in [3.63, 3.8) is 0 Å². The highest BCUT2D eigenvalue weighted by molar-refractivity contribution is 7.92. The van der Waals surface area contributed by atoms with Crippen molar-refractivity contribution in [3.05, 3.63) is 67.7 Å². The van der Waals surface area contributed by atoms with Gasteiger partial charge in [-0.25, -0.2) is 8.42 Å². The van der Waals surface area contributed by atoms with Crippen LogP contribution in [0.2, 0.25) is 10.0 Å². The molecule has 2 aromatic rings. The number of nitrogens with zero attached hydrogens (tertiary/aromatic N) is 3. The molecule has 39 heavy (non-hydrogen) atoms. The average Bonchev–Trinajstić information content (AvgIpc) is 2.87. The minimum absolute atomic E-state index is 0.00819. The molecule has 1 N–H and O–H groups in total. The van der Waals surface area contributed by atoms with Gasteiger partial charge in [-0.1, -0.05) is 54.6 Å². The van der Waals surface area contributed by atoms with Crippen LogP contribution in [0.5, 0.6) is 0 Å². The summed E-state index contributed by atoms with van der Waals surface area (Å²) in [5.41, 5.74) is 0.712. The molecule has 13 heteroatoms. The number of anilines is 1. The van der Waals surface area contributed by atoms with Gasteiger partial charge in [0.1, 0.15) is 12.6 Å². The zero-order valence-corrected chi connectivity index (χ0v) is 24.4. The number of halogens is 2. The number of hydrogen-bond donors (Lipinski definition) is 1. The number of aryl methyl sites for hydroxylation is 1. The number of hydrogen-bond acceptors (Lipinski definition) is 6. The highest BCUT2D eigenvalue weighted by atomic mass is 35.5. The molecule has 1 fully saturated rings. The van der Waals surface area contributed by atoms with Crippen LogP contribution in [-0.4, -0.2) is 54.9 Å². The lowest BCUT2D eigenvalue weighted by atomic mass is 9.95. The minimum Gasteiger partial charge on any atom is -0.352 e. The Hall–Kier alpha value is -2.89. The lowest BCUT2D eigenvalue weighted by Crippen LogP contribution is -2.53. The summed E-state index contributed by atoms with van der Waals surface area (Å²) >= 11 is 12.2. The molecule has 1 aliphatic rings. The number of nitro benzene ring substituents is 1. The summed E-state index contributed by atoms with van der Waals surface area (Å²) in [5, 5.41) is 15.0. The molecule has 2 aromatic carbocycles. The lowest BCUT2D eigenvalue weighted by Gasteiger charge is -2.33. The first-order chi connectivity index (χ1) is 18.3. The molecule has 212 valence electrons. The van der Waals surface area contributed by atoms with Crippen molar-refractivity contribution in [2.24, 2.45) is 0 Å². The van der Waals surface area contributed by atoms with E-state index in [0.717, 1.165) is 48.7 Å². The van der Waals surface area contributed by atoms with Crippen molar-refractivity contribution in [2.75, 3.05) is 17.1 Å². The Bertz CT molecular complexity index is 1350. The second-order valence-electron chi connectivity index (χ2n) is 9.79. The van der Waals surface area contributed by atoms with Gasteiger partial charge in [0.25, 0.3) is 5.69 Å². The van der Waals surface area contributed by atoms with Gasteiger partial charge in [-0.15, -0.1) is 0 Å². The summed E-state index contributed by atoms with van der Waals surface area (Å²) in [6.45, 7) is 2.47. The highest BCUT2D eigenvalue weighted by Gasteiger charge is 2.32. The summed E-state index contributed by atoms with van der Waals surface area (Å²) in [7, 11) is -4.04. The molecule has 0 spiro atoms. The molecule has 1 aliphatic carbocycles. The molecule has 1 atom stereocenters. The van der Waals surface area contributed by atoms with Gasteiger partial charge >= 0.3 is 0 Å². The zero-order chi connectivity index (χ0) is 28.9. The van der Waals surface area contributed by atoms with Gasteiger partial charge in [-0.05, 0) is 49.9 Å². The normalized spacial score (nSPS) is 14.9. The van der Waals surface area contributed by atoms with Gasteiger partial charge in [0, 0.05) is 24.7 Å². The molecule has 3 rings (SSSR count). The van der Waals surface area contributed by atoms with E-state index in [9.17, 15) is 28.1 Å². The predicted molar refractivity (Wildman–Crippen MR) is 152 cm³/mol. The van der Waals surface area contributed by atoms with Crippen LogP contribution in [0.1, 0.15) is 50.2 Å². The monoisotopic (exact) mass is 598 g/mol. The molecule has 0 heterocycles. The van der Waals surface area contributed by atoms with Gasteiger partial charge in [-0.3, -0.25) is 24.0 Å². The molecule has 10 nitrogen and oxygen atoms in total. The van der Waals surface area contributed by atoms with Gasteiger partial charge < -0.3 is 10.2 Å². The topological polar surface area (TPSA) is 130 Å². The Morgan fingerprint density at radius 1 is 1.10 bits per heavy atom. The van der Waals surface area contributed by atoms with Crippen molar-refractivity contribution in [3.8, 4) is 0 Å². The SMILES string of the molecule is Cc1ccc([N+](=O)[O-])cc1N(CC(=O)N(Cc1ccc(Cl)c(Cl)c1)[C@H](C)C(=O)NC1CCCCC1)S(C)(=O)=O. The van der Waals surface area contributed by atoms with E-state index in [1.165, 1.54) is 17.0 Å². The highest BCUT2D eigenvalue weighted by Crippen LogP contribution is 2.28. The number of non-ortho nitro benzene ring substituents is 1. The number of amides is 2. The second kappa shape index (κ2) is 13.0. The number of rotatable bonds is 10. The van der Waals surface area contributed by atoms with Crippen molar-refractivity contribution < 1.29 is 22.9 Å². The number of sulfonamides is 1. The van der Waals surface area contributed by atoms with Crippen LogP contribution in [0.15, 0.2) is 36.4 Å². The molecular formula is C26H32Cl2N4O6S. The predicted octanol–water partition coefficient (Wildman–Crippen LogP) is 4.84. The number of benzene rings is 2. The minimum atomic E-state index is -4.04. The maximum Gasteiger partial charge on any atom is 0.271 e. The van der Waals surface area contributed by atoms with Crippen LogP contribution in [0.4, 0.5) is 11.4 Å².